The van der Waals surface area contributed by atoms with Gasteiger partial charge in [-0.2, -0.15) is 0 Å². The monoisotopic (exact) mass is 352 g/mol. The molecule has 0 fully saturated rings. The van der Waals surface area contributed by atoms with Crippen molar-refractivity contribution in [3.05, 3.63) is 77.4 Å². The Kier molecular flexibility index (Phi) is 6.03. The lowest BCUT2D eigenvalue weighted by Gasteiger charge is -2.22. The summed E-state index contributed by atoms with van der Waals surface area (Å²) in [4.78, 5) is 0. The van der Waals surface area contributed by atoms with Crippen LogP contribution in [0.15, 0.2) is 54.6 Å². The standard InChI is InChI=1S/C24H26F2/c1-3-4-5-6-18-8-11-19(12-9-18)20-13-14-22(24(26)15-20)21-10-7-17(2)23(25)16-21/h3-4,7,10-11,13-16,18H,5-6,8-9,12H2,1-2H3/b4-3+. The summed E-state index contributed by atoms with van der Waals surface area (Å²) in [6.07, 6.45) is 12.2. The number of rotatable bonds is 5. The van der Waals surface area contributed by atoms with E-state index in [2.05, 4.69) is 25.2 Å². The van der Waals surface area contributed by atoms with E-state index < -0.39 is 0 Å². The van der Waals surface area contributed by atoms with Crippen molar-refractivity contribution in [3.8, 4) is 11.1 Å². The molecule has 0 bridgehead atoms. The quantitative estimate of drug-likeness (QED) is 0.489. The molecule has 1 unspecified atom stereocenters. The second-order valence-electron chi connectivity index (χ2n) is 7.17. The summed E-state index contributed by atoms with van der Waals surface area (Å²) in [6.45, 7) is 3.77. The smallest absolute Gasteiger partial charge is 0.131 e. The molecule has 0 heterocycles. The highest BCUT2D eigenvalue weighted by molar-refractivity contribution is 5.71. The highest BCUT2D eigenvalue weighted by atomic mass is 19.1. The van der Waals surface area contributed by atoms with Gasteiger partial charge in [0, 0.05) is 5.56 Å². The van der Waals surface area contributed by atoms with Crippen molar-refractivity contribution in [3.63, 3.8) is 0 Å². The van der Waals surface area contributed by atoms with Crippen molar-refractivity contribution in [1.82, 2.24) is 0 Å². The van der Waals surface area contributed by atoms with Crippen molar-refractivity contribution in [2.45, 2.75) is 46.0 Å². The van der Waals surface area contributed by atoms with Crippen LogP contribution in [-0.2, 0) is 0 Å². The molecule has 0 saturated heterocycles. The third-order valence-corrected chi connectivity index (χ3v) is 5.32. The lowest BCUT2D eigenvalue weighted by atomic mass is 9.84. The minimum absolute atomic E-state index is 0.290. The first-order valence-corrected chi connectivity index (χ1v) is 9.45. The molecule has 1 atom stereocenters. The Morgan fingerprint density at radius 2 is 1.81 bits per heavy atom. The van der Waals surface area contributed by atoms with Gasteiger partial charge in [-0.3, -0.25) is 0 Å². The molecule has 0 aromatic heterocycles. The summed E-state index contributed by atoms with van der Waals surface area (Å²) in [5.41, 5.74) is 3.78. The van der Waals surface area contributed by atoms with E-state index in [1.54, 1.807) is 31.2 Å². The fourth-order valence-electron chi connectivity index (χ4n) is 3.62. The van der Waals surface area contributed by atoms with E-state index in [0.29, 0.717) is 16.7 Å². The van der Waals surface area contributed by atoms with E-state index in [1.807, 2.05) is 6.07 Å². The van der Waals surface area contributed by atoms with Crippen molar-refractivity contribution in [1.29, 1.82) is 0 Å². The zero-order chi connectivity index (χ0) is 18.5. The number of allylic oxidation sites excluding steroid dienone is 4. The molecule has 0 N–H and O–H groups in total. The third kappa shape index (κ3) is 4.30. The van der Waals surface area contributed by atoms with E-state index >= 15 is 0 Å². The van der Waals surface area contributed by atoms with Gasteiger partial charge in [-0.25, -0.2) is 8.78 Å². The molecule has 1 aliphatic rings. The summed E-state index contributed by atoms with van der Waals surface area (Å²) in [7, 11) is 0. The molecule has 0 saturated carbocycles. The first kappa shape index (κ1) is 18.6. The second kappa shape index (κ2) is 8.44. The van der Waals surface area contributed by atoms with E-state index in [9.17, 15) is 8.78 Å². The van der Waals surface area contributed by atoms with Crippen LogP contribution in [-0.4, -0.2) is 0 Å². The Bertz CT molecular complexity index is 830. The third-order valence-electron chi connectivity index (χ3n) is 5.32. The Morgan fingerprint density at radius 1 is 1.04 bits per heavy atom. The molecule has 0 nitrogen and oxygen atoms in total. The van der Waals surface area contributed by atoms with Crippen LogP contribution in [0.25, 0.3) is 16.7 Å². The zero-order valence-electron chi connectivity index (χ0n) is 15.6. The largest absolute Gasteiger partial charge is 0.207 e. The molecule has 26 heavy (non-hydrogen) atoms. The first-order chi connectivity index (χ1) is 12.6. The first-order valence-electron chi connectivity index (χ1n) is 9.45. The van der Waals surface area contributed by atoms with E-state index in [1.165, 1.54) is 18.1 Å². The Morgan fingerprint density at radius 3 is 2.46 bits per heavy atom. The van der Waals surface area contributed by atoms with Gasteiger partial charge in [0.2, 0.25) is 0 Å². The van der Waals surface area contributed by atoms with Crippen LogP contribution in [0.3, 0.4) is 0 Å². The zero-order valence-corrected chi connectivity index (χ0v) is 15.6. The molecule has 2 aromatic rings. The predicted octanol–water partition coefficient (Wildman–Crippen LogP) is 7.48. The minimum atomic E-state index is -0.301. The number of benzene rings is 2. The topological polar surface area (TPSA) is 0 Å². The molecule has 0 spiro atoms. The van der Waals surface area contributed by atoms with Gasteiger partial charge in [0.15, 0.2) is 0 Å². The summed E-state index contributed by atoms with van der Waals surface area (Å²) in [5.74, 6) is 0.140. The second-order valence-corrected chi connectivity index (χ2v) is 7.17. The summed E-state index contributed by atoms with van der Waals surface area (Å²) >= 11 is 0. The van der Waals surface area contributed by atoms with Gasteiger partial charge < -0.3 is 0 Å². The number of hydrogen-bond donors (Lipinski definition) is 0. The van der Waals surface area contributed by atoms with Gasteiger partial charge in [-0.15, -0.1) is 0 Å². The van der Waals surface area contributed by atoms with Crippen LogP contribution < -0.4 is 0 Å². The molecule has 1 aliphatic carbocycles. The molecular weight excluding hydrogens is 326 g/mol. The number of aryl methyl sites for hydroxylation is 1. The fourth-order valence-corrected chi connectivity index (χ4v) is 3.62. The van der Waals surface area contributed by atoms with Gasteiger partial charge in [0.1, 0.15) is 11.6 Å². The summed E-state index contributed by atoms with van der Waals surface area (Å²) in [5, 5.41) is 0. The lowest BCUT2D eigenvalue weighted by Crippen LogP contribution is -2.05. The molecular formula is C24H26F2. The Balaban J connectivity index is 1.74. The Labute approximate surface area is 155 Å². The highest BCUT2D eigenvalue weighted by Crippen LogP contribution is 2.34. The van der Waals surface area contributed by atoms with Crippen LogP contribution in [0.4, 0.5) is 8.78 Å². The van der Waals surface area contributed by atoms with Gasteiger partial charge in [0.05, 0.1) is 0 Å². The van der Waals surface area contributed by atoms with Crippen molar-refractivity contribution in [2.24, 2.45) is 5.92 Å². The molecule has 2 aromatic carbocycles. The Hall–Kier alpha value is -2.22. The maximum absolute atomic E-state index is 14.6. The van der Waals surface area contributed by atoms with Crippen LogP contribution in [0.1, 0.15) is 50.2 Å². The summed E-state index contributed by atoms with van der Waals surface area (Å²) in [6, 6.07) is 10.2. The molecule has 3 rings (SSSR count). The van der Waals surface area contributed by atoms with Gasteiger partial charge in [0.25, 0.3) is 0 Å². The maximum Gasteiger partial charge on any atom is 0.131 e. The van der Waals surface area contributed by atoms with E-state index in [4.69, 9.17) is 0 Å². The fraction of sp³-hybridized carbons (Fsp3) is 0.333. The minimum Gasteiger partial charge on any atom is -0.207 e. The molecule has 0 amide bonds. The predicted molar refractivity (Wildman–Crippen MR) is 106 cm³/mol. The molecule has 0 aliphatic heterocycles. The van der Waals surface area contributed by atoms with E-state index in [-0.39, 0.29) is 11.6 Å². The maximum atomic E-state index is 14.6. The average molecular weight is 352 g/mol. The van der Waals surface area contributed by atoms with Crippen LogP contribution in [0.2, 0.25) is 0 Å². The summed E-state index contributed by atoms with van der Waals surface area (Å²) < 4.78 is 28.4. The SMILES string of the molecule is C/C=C/CCC1CC=C(c2ccc(-c3ccc(C)c(F)c3)c(F)c2)CC1. The van der Waals surface area contributed by atoms with Gasteiger partial charge in [-0.05, 0) is 86.3 Å². The average Bonchev–Trinajstić information content (AvgIpc) is 2.65. The molecule has 0 radical (unpaired) electrons. The molecule has 136 valence electrons. The van der Waals surface area contributed by atoms with Crippen LogP contribution in [0, 0.1) is 24.5 Å². The van der Waals surface area contributed by atoms with Gasteiger partial charge >= 0.3 is 0 Å². The van der Waals surface area contributed by atoms with E-state index in [0.717, 1.165) is 37.2 Å². The van der Waals surface area contributed by atoms with Crippen LogP contribution in [0.5, 0.6) is 0 Å². The lowest BCUT2D eigenvalue weighted by molar-refractivity contribution is 0.454. The number of halogens is 2. The van der Waals surface area contributed by atoms with Crippen molar-refractivity contribution < 1.29 is 8.78 Å². The van der Waals surface area contributed by atoms with Gasteiger partial charge in [-0.1, -0.05) is 42.5 Å². The van der Waals surface area contributed by atoms with Crippen molar-refractivity contribution >= 4 is 5.57 Å². The normalized spacial score (nSPS) is 17.5. The van der Waals surface area contributed by atoms with Crippen LogP contribution >= 0.6 is 0 Å². The highest BCUT2D eigenvalue weighted by Gasteiger charge is 2.16. The number of hydrogen-bond acceptors (Lipinski definition) is 0. The molecule has 2 heteroatoms. The van der Waals surface area contributed by atoms with Crippen molar-refractivity contribution in [2.75, 3.05) is 0 Å².